The number of nitrogens with zero attached hydrogens (tertiary/aromatic N) is 2. The lowest BCUT2D eigenvalue weighted by Crippen LogP contribution is -2.30. The van der Waals surface area contributed by atoms with Crippen LogP contribution in [-0.4, -0.2) is 40.2 Å². The zero-order valence-electron chi connectivity index (χ0n) is 11.3. The van der Waals surface area contributed by atoms with Crippen LogP contribution in [0, 0.1) is 13.8 Å². The predicted octanol–water partition coefficient (Wildman–Crippen LogP) is 2.14. The molecule has 0 saturated heterocycles. The Morgan fingerprint density at radius 1 is 1.47 bits per heavy atom. The van der Waals surface area contributed by atoms with Crippen molar-refractivity contribution in [2.24, 2.45) is 0 Å². The van der Waals surface area contributed by atoms with Gasteiger partial charge in [-0.15, -0.1) is 0 Å². The van der Waals surface area contributed by atoms with Gasteiger partial charge in [-0.2, -0.15) is 0 Å². The molecule has 96 valence electrons. The van der Waals surface area contributed by atoms with Crippen LogP contribution in [0.1, 0.15) is 35.6 Å². The van der Waals surface area contributed by atoms with Crippen molar-refractivity contribution in [1.29, 1.82) is 0 Å². The highest BCUT2D eigenvalue weighted by Gasteiger charge is 2.14. The molecule has 0 aliphatic heterocycles. The average Bonchev–Trinajstić information content (AvgIpc) is 2.51. The van der Waals surface area contributed by atoms with Gasteiger partial charge < -0.3 is 14.6 Å². The summed E-state index contributed by atoms with van der Waals surface area (Å²) in [5.41, 5.74) is 2.26. The molecule has 1 N–H and O–H groups in total. The van der Waals surface area contributed by atoms with Gasteiger partial charge >= 0.3 is 5.97 Å². The van der Waals surface area contributed by atoms with Crippen LogP contribution in [0.25, 0.3) is 0 Å². The Bertz CT molecular complexity index is 408. The standard InChI is InChI=1S/C13H22N2O2/c1-9(2)14(5)6-7-15-10(3)8-12(11(15)4)13(16)17/h8-9H,6-7H2,1-5H3,(H,16,17). The van der Waals surface area contributed by atoms with Gasteiger partial charge in [0.1, 0.15) is 0 Å². The van der Waals surface area contributed by atoms with Gasteiger partial charge in [0.15, 0.2) is 0 Å². The molecule has 4 heteroatoms. The fraction of sp³-hybridized carbons (Fsp3) is 0.615. The topological polar surface area (TPSA) is 45.5 Å². The molecule has 1 aromatic heterocycles. The molecule has 0 radical (unpaired) electrons. The lowest BCUT2D eigenvalue weighted by Gasteiger charge is -2.22. The van der Waals surface area contributed by atoms with Gasteiger partial charge in [0.25, 0.3) is 0 Å². The van der Waals surface area contributed by atoms with Crippen molar-refractivity contribution in [3.8, 4) is 0 Å². The first-order chi connectivity index (χ1) is 7.84. The van der Waals surface area contributed by atoms with Crippen molar-refractivity contribution in [2.45, 2.75) is 40.3 Å². The third-order valence-electron chi connectivity index (χ3n) is 3.36. The van der Waals surface area contributed by atoms with Crippen molar-refractivity contribution in [3.05, 3.63) is 23.0 Å². The molecule has 0 saturated carbocycles. The molecule has 0 aliphatic carbocycles. The zero-order valence-corrected chi connectivity index (χ0v) is 11.3. The number of hydrogen-bond acceptors (Lipinski definition) is 2. The highest BCUT2D eigenvalue weighted by atomic mass is 16.4. The third-order valence-corrected chi connectivity index (χ3v) is 3.36. The summed E-state index contributed by atoms with van der Waals surface area (Å²) in [5.74, 6) is -0.846. The number of carboxylic acids is 1. The van der Waals surface area contributed by atoms with Crippen molar-refractivity contribution >= 4 is 5.97 Å². The smallest absolute Gasteiger partial charge is 0.337 e. The number of aromatic nitrogens is 1. The maximum Gasteiger partial charge on any atom is 0.337 e. The van der Waals surface area contributed by atoms with E-state index in [1.165, 1.54) is 0 Å². The van der Waals surface area contributed by atoms with Crippen LogP contribution in [0.15, 0.2) is 6.07 Å². The van der Waals surface area contributed by atoms with Crippen molar-refractivity contribution < 1.29 is 9.90 Å². The minimum absolute atomic E-state index is 0.412. The summed E-state index contributed by atoms with van der Waals surface area (Å²) in [6, 6.07) is 2.25. The molecule has 0 fully saturated rings. The van der Waals surface area contributed by atoms with E-state index in [1.807, 2.05) is 13.8 Å². The first kappa shape index (κ1) is 13.8. The molecule has 0 aliphatic rings. The van der Waals surface area contributed by atoms with Crippen LogP contribution >= 0.6 is 0 Å². The predicted molar refractivity (Wildman–Crippen MR) is 68.6 cm³/mol. The van der Waals surface area contributed by atoms with Gasteiger partial charge in [0.2, 0.25) is 0 Å². The zero-order chi connectivity index (χ0) is 13.2. The Hall–Kier alpha value is -1.29. The van der Waals surface area contributed by atoms with E-state index >= 15 is 0 Å². The van der Waals surface area contributed by atoms with E-state index in [-0.39, 0.29) is 0 Å². The van der Waals surface area contributed by atoms with Crippen LogP contribution in [0.3, 0.4) is 0 Å². The second-order valence-corrected chi connectivity index (χ2v) is 4.82. The van der Waals surface area contributed by atoms with E-state index < -0.39 is 5.97 Å². The molecule has 1 aromatic rings. The quantitative estimate of drug-likeness (QED) is 0.855. The number of likely N-dealkylation sites (N-methyl/N-ethyl adjacent to an activating group) is 1. The van der Waals surface area contributed by atoms with E-state index in [0.29, 0.717) is 11.6 Å². The second-order valence-electron chi connectivity index (χ2n) is 4.82. The number of carbonyl (C=O) groups is 1. The first-order valence-corrected chi connectivity index (χ1v) is 5.94. The average molecular weight is 238 g/mol. The number of hydrogen-bond donors (Lipinski definition) is 1. The fourth-order valence-corrected chi connectivity index (χ4v) is 1.88. The molecule has 4 nitrogen and oxygen atoms in total. The maximum absolute atomic E-state index is 11.0. The Labute approximate surface area is 103 Å². The number of aromatic carboxylic acids is 1. The van der Waals surface area contributed by atoms with E-state index in [4.69, 9.17) is 5.11 Å². The molecule has 0 unspecified atom stereocenters. The number of carboxylic acid groups (broad SMARTS) is 1. The van der Waals surface area contributed by atoms with Gasteiger partial charge in [-0.25, -0.2) is 4.79 Å². The van der Waals surface area contributed by atoms with Crippen LogP contribution in [0.5, 0.6) is 0 Å². The molecule has 0 spiro atoms. The molecule has 1 heterocycles. The van der Waals surface area contributed by atoms with Crippen LogP contribution in [0.2, 0.25) is 0 Å². The molecule has 0 amide bonds. The van der Waals surface area contributed by atoms with Gasteiger partial charge in [-0.3, -0.25) is 0 Å². The first-order valence-electron chi connectivity index (χ1n) is 5.94. The van der Waals surface area contributed by atoms with E-state index in [0.717, 1.165) is 24.5 Å². The summed E-state index contributed by atoms with van der Waals surface area (Å²) >= 11 is 0. The molecular weight excluding hydrogens is 216 g/mol. The van der Waals surface area contributed by atoms with Crippen molar-refractivity contribution in [3.63, 3.8) is 0 Å². The largest absolute Gasteiger partial charge is 0.478 e. The Morgan fingerprint density at radius 2 is 2.06 bits per heavy atom. The summed E-state index contributed by atoms with van der Waals surface area (Å²) < 4.78 is 2.07. The highest BCUT2D eigenvalue weighted by Crippen LogP contribution is 2.15. The van der Waals surface area contributed by atoms with Crippen LogP contribution in [-0.2, 0) is 6.54 Å². The summed E-state index contributed by atoms with van der Waals surface area (Å²) in [6.45, 7) is 9.88. The SMILES string of the molecule is Cc1cc(C(=O)O)c(C)n1CCN(C)C(C)C. The summed E-state index contributed by atoms with van der Waals surface area (Å²) in [6.07, 6.45) is 0. The van der Waals surface area contributed by atoms with Gasteiger partial charge in [-0.05, 0) is 40.8 Å². The second kappa shape index (κ2) is 5.36. The summed E-state index contributed by atoms with van der Waals surface area (Å²) in [4.78, 5) is 13.3. The lowest BCUT2D eigenvalue weighted by atomic mass is 10.2. The van der Waals surface area contributed by atoms with E-state index in [9.17, 15) is 4.79 Å². The Morgan fingerprint density at radius 3 is 2.47 bits per heavy atom. The minimum Gasteiger partial charge on any atom is -0.478 e. The minimum atomic E-state index is -0.846. The molecule has 0 atom stereocenters. The fourth-order valence-electron chi connectivity index (χ4n) is 1.88. The number of rotatable bonds is 5. The molecule has 0 bridgehead atoms. The van der Waals surface area contributed by atoms with Gasteiger partial charge in [-0.1, -0.05) is 0 Å². The summed E-state index contributed by atoms with van der Waals surface area (Å²) in [5, 5.41) is 9.05. The molecule has 0 aromatic carbocycles. The Kier molecular flexibility index (Phi) is 4.34. The number of aryl methyl sites for hydroxylation is 1. The van der Waals surface area contributed by atoms with Gasteiger partial charge in [0.05, 0.1) is 5.56 Å². The highest BCUT2D eigenvalue weighted by molar-refractivity contribution is 5.89. The molecule has 1 rings (SSSR count). The lowest BCUT2D eigenvalue weighted by molar-refractivity contribution is 0.0696. The van der Waals surface area contributed by atoms with E-state index in [2.05, 4.69) is 30.4 Å². The Balaban J connectivity index is 2.82. The van der Waals surface area contributed by atoms with Crippen LogP contribution < -0.4 is 0 Å². The normalized spacial score (nSPS) is 11.5. The van der Waals surface area contributed by atoms with Gasteiger partial charge in [0, 0.05) is 30.5 Å². The summed E-state index contributed by atoms with van der Waals surface area (Å²) in [7, 11) is 2.08. The van der Waals surface area contributed by atoms with E-state index in [1.54, 1.807) is 6.07 Å². The molecule has 17 heavy (non-hydrogen) atoms. The maximum atomic E-state index is 11.0. The molecular formula is C13H22N2O2. The van der Waals surface area contributed by atoms with Crippen molar-refractivity contribution in [2.75, 3.05) is 13.6 Å². The monoisotopic (exact) mass is 238 g/mol. The third kappa shape index (κ3) is 3.09. The van der Waals surface area contributed by atoms with Crippen molar-refractivity contribution in [1.82, 2.24) is 9.47 Å². The van der Waals surface area contributed by atoms with Crippen LogP contribution in [0.4, 0.5) is 0 Å².